The normalized spacial score (nSPS) is 16.7. The highest BCUT2D eigenvalue weighted by atomic mass is 35.5. The highest BCUT2D eigenvalue weighted by Gasteiger charge is 2.27. The van der Waals surface area contributed by atoms with E-state index in [4.69, 9.17) is 16.9 Å². The predicted octanol–water partition coefficient (Wildman–Crippen LogP) is 1.11. The van der Waals surface area contributed by atoms with Crippen LogP contribution in [-0.4, -0.2) is 27.9 Å². The SMILES string of the molecule is N#C/C(=C1/NCCN1Cc1ccc(Cl)nc1)[N+](=O)[O-]. The molecule has 0 radical (unpaired) electrons. The number of nitro groups is 1. The summed E-state index contributed by atoms with van der Waals surface area (Å²) < 4.78 is 0. The number of rotatable bonds is 3. The predicted molar refractivity (Wildman–Crippen MR) is 67.3 cm³/mol. The van der Waals surface area contributed by atoms with Gasteiger partial charge in [-0.1, -0.05) is 17.7 Å². The quantitative estimate of drug-likeness (QED) is 0.385. The van der Waals surface area contributed by atoms with Gasteiger partial charge in [0.15, 0.2) is 11.9 Å². The Balaban J connectivity index is 2.22. The molecule has 1 fully saturated rings. The molecule has 1 aromatic heterocycles. The molecule has 2 rings (SSSR count). The molecule has 0 unspecified atom stereocenters. The minimum atomic E-state index is -0.680. The zero-order valence-corrected chi connectivity index (χ0v) is 10.6. The maximum absolute atomic E-state index is 10.8. The van der Waals surface area contributed by atoms with E-state index in [2.05, 4.69) is 10.3 Å². The number of hydrogen-bond acceptors (Lipinski definition) is 6. The number of nitrogens with zero attached hydrogens (tertiary/aromatic N) is 4. The molecule has 0 atom stereocenters. The standard InChI is InChI=1S/C11H10ClN5O2/c12-10-2-1-8(6-15-10)7-16-4-3-14-11(16)9(5-13)17(18)19/h1-2,6,14H,3-4,7H2/b11-9+. The lowest BCUT2D eigenvalue weighted by atomic mass is 10.2. The number of halogens is 1. The molecule has 1 aromatic rings. The smallest absolute Gasteiger partial charge is 0.364 e. The van der Waals surface area contributed by atoms with Crippen molar-refractivity contribution in [3.05, 3.63) is 50.7 Å². The van der Waals surface area contributed by atoms with Gasteiger partial charge in [-0.2, -0.15) is 5.26 Å². The summed E-state index contributed by atoms with van der Waals surface area (Å²) in [4.78, 5) is 15.8. The van der Waals surface area contributed by atoms with Gasteiger partial charge in [-0.05, 0) is 11.6 Å². The Morgan fingerprint density at radius 1 is 1.68 bits per heavy atom. The molecule has 0 aromatic carbocycles. The third kappa shape index (κ3) is 2.92. The largest absolute Gasteiger partial charge is 0.385 e. The maximum Gasteiger partial charge on any atom is 0.385 e. The highest BCUT2D eigenvalue weighted by Crippen LogP contribution is 2.17. The first-order valence-electron chi connectivity index (χ1n) is 5.50. The Hall–Kier alpha value is -2.33. The summed E-state index contributed by atoms with van der Waals surface area (Å²) in [6.07, 6.45) is 1.61. The van der Waals surface area contributed by atoms with E-state index in [0.717, 1.165) is 5.56 Å². The van der Waals surface area contributed by atoms with Gasteiger partial charge in [0.25, 0.3) is 0 Å². The van der Waals surface area contributed by atoms with Gasteiger partial charge in [-0.25, -0.2) is 4.98 Å². The summed E-state index contributed by atoms with van der Waals surface area (Å²) in [5.74, 6) is 0.252. The molecule has 19 heavy (non-hydrogen) atoms. The number of aromatic nitrogens is 1. The number of nitriles is 1. The number of pyridine rings is 1. The Morgan fingerprint density at radius 2 is 2.47 bits per heavy atom. The Morgan fingerprint density at radius 3 is 3.05 bits per heavy atom. The molecule has 0 amide bonds. The van der Waals surface area contributed by atoms with Crippen molar-refractivity contribution in [3.63, 3.8) is 0 Å². The number of nitrogens with one attached hydrogen (secondary N) is 1. The van der Waals surface area contributed by atoms with Crippen LogP contribution in [0.3, 0.4) is 0 Å². The van der Waals surface area contributed by atoms with Crippen LogP contribution in [0.15, 0.2) is 29.8 Å². The summed E-state index contributed by atoms with van der Waals surface area (Å²) in [6.45, 7) is 1.60. The Bertz CT molecular complexity index is 563. The van der Waals surface area contributed by atoms with Crippen molar-refractivity contribution in [3.8, 4) is 6.07 Å². The lowest BCUT2D eigenvalue weighted by molar-refractivity contribution is -0.419. The zero-order valence-electron chi connectivity index (χ0n) is 9.84. The summed E-state index contributed by atoms with van der Waals surface area (Å²) in [5.41, 5.74) is 0.394. The number of allylic oxidation sites excluding steroid dienone is 1. The van der Waals surface area contributed by atoms with Crippen LogP contribution in [0.2, 0.25) is 5.15 Å². The average Bonchev–Trinajstić information content (AvgIpc) is 2.81. The molecule has 0 bridgehead atoms. The van der Waals surface area contributed by atoms with Gasteiger partial charge >= 0.3 is 5.70 Å². The summed E-state index contributed by atoms with van der Waals surface area (Å²) in [6, 6.07) is 5.06. The van der Waals surface area contributed by atoms with Gasteiger partial charge in [-0.3, -0.25) is 10.1 Å². The van der Waals surface area contributed by atoms with Crippen molar-refractivity contribution in [2.75, 3.05) is 13.1 Å². The molecule has 0 spiro atoms. The fraction of sp³-hybridized carbons (Fsp3) is 0.273. The van der Waals surface area contributed by atoms with Crippen LogP contribution in [0.5, 0.6) is 0 Å². The van der Waals surface area contributed by atoms with E-state index in [1.165, 1.54) is 0 Å². The van der Waals surface area contributed by atoms with E-state index in [-0.39, 0.29) is 5.82 Å². The van der Waals surface area contributed by atoms with Crippen LogP contribution in [0, 0.1) is 21.4 Å². The van der Waals surface area contributed by atoms with Gasteiger partial charge in [0, 0.05) is 25.8 Å². The monoisotopic (exact) mass is 279 g/mol. The van der Waals surface area contributed by atoms with Gasteiger partial charge < -0.3 is 10.2 Å². The Kier molecular flexibility index (Phi) is 3.82. The molecule has 1 saturated heterocycles. The molecule has 7 nitrogen and oxygen atoms in total. The second-order valence-corrected chi connectivity index (χ2v) is 4.29. The fourth-order valence-corrected chi connectivity index (χ4v) is 1.94. The van der Waals surface area contributed by atoms with Crippen molar-refractivity contribution in [1.29, 1.82) is 5.26 Å². The van der Waals surface area contributed by atoms with Crippen LogP contribution in [-0.2, 0) is 6.54 Å². The molecule has 8 heteroatoms. The topological polar surface area (TPSA) is 95.1 Å². The molecule has 0 aliphatic carbocycles. The first-order chi connectivity index (χ1) is 9.11. The molecule has 1 aliphatic rings. The van der Waals surface area contributed by atoms with E-state index in [9.17, 15) is 10.1 Å². The van der Waals surface area contributed by atoms with Crippen LogP contribution >= 0.6 is 11.6 Å². The van der Waals surface area contributed by atoms with Crippen molar-refractivity contribution in [2.45, 2.75) is 6.54 Å². The molecule has 1 N–H and O–H groups in total. The van der Waals surface area contributed by atoms with Crippen LogP contribution in [0.1, 0.15) is 5.56 Å². The third-order valence-corrected chi connectivity index (χ3v) is 2.89. The molecule has 2 heterocycles. The lowest BCUT2D eigenvalue weighted by Crippen LogP contribution is -2.23. The first kappa shape index (κ1) is 13.1. The van der Waals surface area contributed by atoms with E-state index >= 15 is 0 Å². The first-order valence-corrected chi connectivity index (χ1v) is 5.87. The molecular weight excluding hydrogens is 270 g/mol. The van der Waals surface area contributed by atoms with E-state index in [1.54, 1.807) is 29.3 Å². The van der Waals surface area contributed by atoms with Crippen molar-refractivity contribution >= 4 is 11.6 Å². The van der Waals surface area contributed by atoms with Crippen molar-refractivity contribution in [2.24, 2.45) is 0 Å². The van der Waals surface area contributed by atoms with Crippen molar-refractivity contribution in [1.82, 2.24) is 15.2 Å². The van der Waals surface area contributed by atoms with E-state index < -0.39 is 10.6 Å². The van der Waals surface area contributed by atoms with Crippen LogP contribution in [0.25, 0.3) is 0 Å². The summed E-state index contributed by atoms with van der Waals surface area (Å²) in [5, 5.41) is 22.9. The highest BCUT2D eigenvalue weighted by molar-refractivity contribution is 6.29. The second-order valence-electron chi connectivity index (χ2n) is 3.90. The van der Waals surface area contributed by atoms with Gasteiger partial charge in [0.1, 0.15) is 5.15 Å². The minimum absolute atomic E-state index is 0.252. The molecule has 98 valence electrons. The van der Waals surface area contributed by atoms with E-state index in [0.29, 0.717) is 24.8 Å². The maximum atomic E-state index is 10.8. The molecular formula is C11H10ClN5O2. The van der Waals surface area contributed by atoms with Gasteiger partial charge in [0.2, 0.25) is 0 Å². The van der Waals surface area contributed by atoms with Crippen LogP contribution in [0.4, 0.5) is 0 Å². The summed E-state index contributed by atoms with van der Waals surface area (Å²) in [7, 11) is 0. The molecule has 1 aliphatic heterocycles. The molecule has 0 saturated carbocycles. The van der Waals surface area contributed by atoms with Gasteiger partial charge in [0.05, 0.1) is 4.92 Å². The Labute approximate surface area is 114 Å². The fourth-order valence-electron chi connectivity index (χ4n) is 1.83. The zero-order chi connectivity index (χ0) is 13.8. The van der Waals surface area contributed by atoms with Crippen LogP contribution < -0.4 is 5.32 Å². The lowest BCUT2D eigenvalue weighted by Gasteiger charge is -2.17. The second kappa shape index (κ2) is 5.54. The minimum Gasteiger partial charge on any atom is -0.364 e. The third-order valence-electron chi connectivity index (χ3n) is 2.67. The van der Waals surface area contributed by atoms with E-state index in [1.807, 2.05) is 0 Å². The number of hydrogen-bond donors (Lipinski definition) is 1. The van der Waals surface area contributed by atoms with Crippen molar-refractivity contribution < 1.29 is 4.92 Å². The average molecular weight is 280 g/mol. The summed E-state index contributed by atoms with van der Waals surface area (Å²) >= 11 is 5.69. The van der Waals surface area contributed by atoms with Gasteiger partial charge in [-0.15, -0.1) is 0 Å².